The Kier molecular flexibility index (Phi) is 4.93. The van der Waals surface area contributed by atoms with Crippen molar-refractivity contribution in [3.05, 3.63) is 63.6 Å². The van der Waals surface area contributed by atoms with Crippen LogP contribution in [0.5, 0.6) is 0 Å². The smallest absolute Gasteiger partial charge is 0.228 e. The van der Waals surface area contributed by atoms with E-state index in [1.165, 1.54) is 0 Å². The van der Waals surface area contributed by atoms with Crippen molar-refractivity contribution in [3.8, 4) is 0 Å². The van der Waals surface area contributed by atoms with Crippen molar-refractivity contribution in [3.63, 3.8) is 0 Å². The number of rotatable bonds is 4. The number of hydrogen-bond donors (Lipinski definition) is 2. The van der Waals surface area contributed by atoms with Gasteiger partial charge in [0.1, 0.15) is 0 Å². The molecule has 0 heterocycles. The number of anilines is 1. The second-order valence-corrected chi connectivity index (χ2v) is 5.46. The SMILES string of the molecule is Cc1c(Br)cccc1NC(=O)Cc1ccccc1CN. The van der Waals surface area contributed by atoms with Gasteiger partial charge < -0.3 is 11.1 Å². The maximum absolute atomic E-state index is 12.1. The molecule has 0 aromatic heterocycles. The van der Waals surface area contributed by atoms with Gasteiger partial charge in [0.15, 0.2) is 0 Å². The Morgan fingerprint density at radius 1 is 1.15 bits per heavy atom. The highest BCUT2D eigenvalue weighted by Crippen LogP contribution is 2.23. The summed E-state index contributed by atoms with van der Waals surface area (Å²) in [4.78, 5) is 12.1. The van der Waals surface area contributed by atoms with Crippen molar-refractivity contribution >= 4 is 27.5 Å². The molecule has 0 aliphatic rings. The van der Waals surface area contributed by atoms with E-state index in [1.54, 1.807) is 0 Å². The summed E-state index contributed by atoms with van der Waals surface area (Å²) in [7, 11) is 0. The minimum atomic E-state index is -0.0351. The Morgan fingerprint density at radius 2 is 1.85 bits per heavy atom. The van der Waals surface area contributed by atoms with Gasteiger partial charge in [0.25, 0.3) is 0 Å². The van der Waals surface area contributed by atoms with Crippen molar-refractivity contribution in [1.29, 1.82) is 0 Å². The van der Waals surface area contributed by atoms with E-state index >= 15 is 0 Å². The summed E-state index contributed by atoms with van der Waals surface area (Å²) in [6.45, 7) is 2.41. The third-order valence-electron chi connectivity index (χ3n) is 3.23. The van der Waals surface area contributed by atoms with Gasteiger partial charge in [-0.15, -0.1) is 0 Å². The van der Waals surface area contributed by atoms with Gasteiger partial charge in [-0.1, -0.05) is 46.3 Å². The van der Waals surface area contributed by atoms with Gasteiger partial charge in [-0.25, -0.2) is 0 Å². The molecule has 104 valence electrons. The Hall–Kier alpha value is -1.65. The van der Waals surface area contributed by atoms with E-state index in [0.717, 1.165) is 26.9 Å². The van der Waals surface area contributed by atoms with Gasteiger partial charge >= 0.3 is 0 Å². The van der Waals surface area contributed by atoms with Crippen LogP contribution in [0.4, 0.5) is 5.69 Å². The lowest BCUT2D eigenvalue weighted by Gasteiger charge is -2.11. The van der Waals surface area contributed by atoms with Crippen LogP contribution in [0.2, 0.25) is 0 Å². The van der Waals surface area contributed by atoms with E-state index in [-0.39, 0.29) is 5.91 Å². The molecule has 2 rings (SSSR count). The minimum Gasteiger partial charge on any atom is -0.326 e. The molecule has 0 saturated heterocycles. The topological polar surface area (TPSA) is 55.1 Å². The number of carbonyl (C=O) groups excluding carboxylic acids is 1. The van der Waals surface area contributed by atoms with E-state index in [9.17, 15) is 4.79 Å². The van der Waals surface area contributed by atoms with Crippen LogP contribution in [0.15, 0.2) is 46.9 Å². The molecule has 0 unspecified atom stereocenters. The number of hydrogen-bond acceptors (Lipinski definition) is 2. The van der Waals surface area contributed by atoms with Crippen molar-refractivity contribution in [2.24, 2.45) is 5.73 Å². The fourth-order valence-corrected chi connectivity index (χ4v) is 2.41. The summed E-state index contributed by atoms with van der Waals surface area (Å²) in [5.41, 5.74) is 9.51. The summed E-state index contributed by atoms with van der Waals surface area (Å²) in [6.07, 6.45) is 0.333. The Morgan fingerprint density at radius 3 is 2.55 bits per heavy atom. The fraction of sp³-hybridized carbons (Fsp3) is 0.188. The quantitative estimate of drug-likeness (QED) is 0.901. The van der Waals surface area contributed by atoms with Crippen LogP contribution in [0.25, 0.3) is 0 Å². The highest BCUT2D eigenvalue weighted by molar-refractivity contribution is 9.10. The molecule has 0 radical (unpaired) electrons. The molecule has 4 heteroatoms. The van der Waals surface area contributed by atoms with Crippen LogP contribution in [0, 0.1) is 6.92 Å². The lowest BCUT2D eigenvalue weighted by Crippen LogP contribution is -2.16. The zero-order valence-electron chi connectivity index (χ0n) is 11.3. The van der Waals surface area contributed by atoms with E-state index in [4.69, 9.17) is 5.73 Å². The number of nitrogens with one attached hydrogen (secondary N) is 1. The summed E-state index contributed by atoms with van der Waals surface area (Å²) >= 11 is 3.46. The van der Waals surface area contributed by atoms with Crippen molar-refractivity contribution in [2.45, 2.75) is 19.9 Å². The first-order valence-electron chi connectivity index (χ1n) is 6.43. The van der Waals surface area contributed by atoms with E-state index in [2.05, 4.69) is 21.2 Å². The average Bonchev–Trinajstić information content (AvgIpc) is 2.44. The van der Waals surface area contributed by atoms with Gasteiger partial charge in [0, 0.05) is 16.7 Å². The van der Waals surface area contributed by atoms with Gasteiger partial charge in [-0.3, -0.25) is 4.79 Å². The van der Waals surface area contributed by atoms with E-state index in [0.29, 0.717) is 13.0 Å². The maximum Gasteiger partial charge on any atom is 0.228 e. The van der Waals surface area contributed by atoms with Crippen LogP contribution < -0.4 is 11.1 Å². The second-order valence-electron chi connectivity index (χ2n) is 4.61. The highest BCUT2D eigenvalue weighted by atomic mass is 79.9. The molecule has 2 aromatic rings. The average molecular weight is 333 g/mol. The molecule has 20 heavy (non-hydrogen) atoms. The molecule has 0 aliphatic heterocycles. The molecule has 2 aromatic carbocycles. The van der Waals surface area contributed by atoms with Crippen molar-refractivity contribution in [2.75, 3.05) is 5.32 Å². The summed E-state index contributed by atoms with van der Waals surface area (Å²) < 4.78 is 0.984. The number of halogens is 1. The van der Waals surface area contributed by atoms with Crippen LogP contribution >= 0.6 is 15.9 Å². The zero-order chi connectivity index (χ0) is 14.5. The van der Waals surface area contributed by atoms with Gasteiger partial charge in [-0.2, -0.15) is 0 Å². The number of amides is 1. The Bertz CT molecular complexity index is 626. The summed E-state index contributed by atoms with van der Waals surface area (Å²) in [5, 5.41) is 2.94. The van der Waals surface area contributed by atoms with E-state index < -0.39 is 0 Å². The fourth-order valence-electron chi connectivity index (χ4n) is 2.04. The Labute approximate surface area is 127 Å². The first kappa shape index (κ1) is 14.8. The van der Waals surface area contributed by atoms with Crippen LogP contribution in [-0.2, 0) is 17.8 Å². The first-order valence-corrected chi connectivity index (χ1v) is 7.23. The third kappa shape index (κ3) is 3.46. The van der Waals surface area contributed by atoms with Crippen molar-refractivity contribution < 1.29 is 4.79 Å². The van der Waals surface area contributed by atoms with Crippen LogP contribution in [0.3, 0.4) is 0 Å². The van der Waals surface area contributed by atoms with Crippen molar-refractivity contribution in [1.82, 2.24) is 0 Å². The molecule has 3 nitrogen and oxygen atoms in total. The molecule has 0 saturated carbocycles. The monoisotopic (exact) mass is 332 g/mol. The molecule has 3 N–H and O–H groups in total. The lowest BCUT2D eigenvalue weighted by molar-refractivity contribution is -0.115. The second kappa shape index (κ2) is 6.68. The van der Waals surface area contributed by atoms with Gasteiger partial charge in [0.05, 0.1) is 6.42 Å². The first-order chi connectivity index (χ1) is 9.61. The van der Waals surface area contributed by atoms with Gasteiger partial charge in [0.2, 0.25) is 5.91 Å². The predicted octanol–water partition coefficient (Wildman–Crippen LogP) is 3.40. The molecular formula is C16H17BrN2O. The largest absolute Gasteiger partial charge is 0.326 e. The Balaban J connectivity index is 2.11. The molecule has 1 amide bonds. The molecule has 0 atom stereocenters. The molecular weight excluding hydrogens is 316 g/mol. The molecule has 0 aliphatic carbocycles. The van der Waals surface area contributed by atoms with E-state index in [1.807, 2.05) is 49.4 Å². The summed E-state index contributed by atoms with van der Waals surface area (Å²) in [5.74, 6) is -0.0351. The predicted molar refractivity (Wildman–Crippen MR) is 85.5 cm³/mol. The molecule has 0 spiro atoms. The number of carbonyl (C=O) groups is 1. The van der Waals surface area contributed by atoms with Crippen LogP contribution in [-0.4, -0.2) is 5.91 Å². The highest BCUT2D eigenvalue weighted by Gasteiger charge is 2.09. The lowest BCUT2D eigenvalue weighted by atomic mass is 10.0. The molecule has 0 fully saturated rings. The van der Waals surface area contributed by atoms with Crippen LogP contribution in [0.1, 0.15) is 16.7 Å². The number of nitrogens with two attached hydrogens (primary N) is 1. The van der Waals surface area contributed by atoms with Gasteiger partial charge in [-0.05, 0) is 35.7 Å². The third-order valence-corrected chi connectivity index (χ3v) is 4.09. The standard InChI is InChI=1S/C16H17BrN2O/c1-11-14(17)7-4-8-15(11)19-16(20)9-12-5-2-3-6-13(12)10-18/h2-8H,9-10,18H2,1H3,(H,19,20). The summed E-state index contributed by atoms with van der Waals surface area (Å²) in [6, 6.07) is 13.5. The zero-order valence-corrected chi connectivity index (χ0v) is 12.9. The number of benzene rings is 2. The maximum atomic E-state index is 12.1. The minimum absolute atomic E-state index is 0.0351. The molecule has 0 bridgehead atoms. The normalized spacial score (nSPS) is 10.3.